The van der Waals surface area contributed by atoms with E-state index in [2.05, 4.69) is 5.10 Å². The Kier molecular flexibility index (Phi) is 3.82. The van der Waals surface area contributed by atoms with Gasteiger partial charge in [0.2, 0.25) is 0 Å². The number of benzene rings is 1. The van der Waals surface area contributed by atoms with Gasteiger partial charge in [0.05, 0.1) is 0 Å². The van der Waals surface area contributed by atoms with Crippen molar-refractivity contribution >= 4 is 11.9 Å². The minimum absolute atomic E-state index is 0.263. The normalized spacial score (nSPS) is 19.2. The van der Waals surface area contributed by atoms with E-state index in [1.807, 2.05) is 31.3 Å². The van der Waals surface area contributed by atoms with Crippen molar-refractivity contribution in [3.05, 3.63) is 52.3 Å². The highest BCUT2D eigenvalue weighted by Crippen LogP contribution is 2.29. The van der Waals surface area contributed by atoms with E-state index in [-0.39, 0.29) is 5.91 Å². The zero-order valence-corrected chi connectivity index (χ0v) is 14.2. The first-order valence-corrected chi connectivity index (χ1v) is 8.71. The molecule has 1 amide bonds. The maximum Gasteiger partial charge on any atom is 0.326 e. The quantitative estimate of drug-likeness (QED) is 0.907. The Hall–Kier alpha value is -2.63. The Labute approximate surface area is 146 Å². The maximum atomic E-state index is 13.2. The molecule has 6 heteroatoms. The number of carbonyl (C=O) groups is 2. The van der Waals surface area contributed by atoms with E-state index < -0.39 is 12.0 Å². The van der Waals surface area contributed by atoms with E-state index in [0.717, 1.165) is 48.1 Å². The van der Waals surface area contributed by atoms with E-state index in [0.29, 0.717) is 18.7 Å². The lowest BCUT2D eigenvalue weighted by Crippen LogP contribution is -2.49. The number of aryl methyl sites for hydroxylation is 1. The van der Waals surface area contributed by atoms with Crippen LogP contribution in [0.25, 0.3) is 0 Å². The molecule has 0 fully saturated rings. The third kappa shape index (κ3) is 2.62. The van der Waals surface area contributed by atoms with Crippen LogP contribution in [0.3, 0.4) is 0 Å². The fraction of sp³-hybridized carbons (Fsp3) is 0.421. The Morgan fingerprint density at radius 1 is 1.16 bits per heavy atom. The number of rotatable bonds is 2. The third-order valence-electron chi connectivity index (χ3n) is 5.36. The molecule has 4 rings (SSSR count). The van der Waals surface area contributed by atoms with Gasteiger partial charge in [-0.05, 0) is 36.8 Å². The fourth-order valence-corrected chi connectivity index (χ4v) is 4.04. The van der Waals surface area contributed by atoms with Crippen molar-refractivity contribution in [2.24, 2.45) is 7.05 Å². The molecule has 1 N–H and O–H groups in total. The highest BCUT2D eigenvalue weighted by atomic mass is 16.4. The summed E-state index contributed by atoms with van der Waals surface area (Å²) in [6.07, 6.45) is 4.26. The first kappa shape index (κ1) is 15.9. The lowest BCUT2D eigenvalue weighted by Gasteiger charge is -2.34. The van der Waals surface area contributed by atoms with Crippen molar-refractivity contribution in [2.45, 2.75) is 44.7 Å². The van der Waals surface area contributed by atoms with Gasteiger partial charge in [0.15, 0.2) is 5.69 Å². The molecule has 0 saturated carbocycles. The summed E-state index contributed by atoms with van der Waals surface area (Å²) in [6.45, 7) is 0.317. The number of hydrogen-bond acceptors (Lipinski definition) is 3. The second-order valence-electron chi connectivity index (χ2n) is 6.86. The minimum atomic E-state index is -0.965. The molecule has 130 valence electrons. The van der Waals surface area contributed by atoms with Crippen LogP contribution >= 0.6 is 0 Å². The van der Waals surface area contributed by atoms with Crippen molar-refractivity contribution in [2.75, 3.05) is 0 Å². The fourth-order valence-electron chi connectivity index (χ4n) is 4.04. The van der Waals surface area contributed by atoms with Crippen molar-refractivity contribution in [1.82, 2.24) is 14.7 Å². The van der Waals surface area contributed by atoms with Crippen molar-refractivity contribution < 1.29 is 14.7 Å². The molecule has 0 saturated heterocycles. The molecule has 1 aromatic heterocycles. The monoisotopic (exact) mass is 339 g/mol. The summed E-state index contributed by atoms with van der Waals surface area (Å²) in [5.74, 6) is -1.23. The molecule has 1 aromatic carbocycles. The summed E-state index contributed by atoms with van der Waals surface area (Å²) in [4.78, 5) is 26.5. The standard InChI is InChI=1S/C19H21N3O3/c1-21-15-9-5-4-8-14(15)17(20-21)18(23)22-11-13-7-3-2-6-12(13)10-16(22)19(24)25/h2-3,6-7,16H,4-5,8-11H2,1H3,(H,24,25)/t16-/m0/s1. The number of nitrogens with zero attached hydrogens (tertiary/aromatic N) is 3. The first-order chi connectivity index (χ1) is 12.1. The molecule has 0 spiro atoms. The largest absolute Gasteiger partial charge is 0.480 e. The van der Waals surface area contributed by atoms with Crippen LogP contribution in [-0.2, 0) is 37.6 Å². The summed E-state index contributed by atoms with van der Waals surface area (Å²) in [7, 11) is 1.86. The number of fused-ring (bicyclic) bond motifs is 2. The highest BCUT2D eigenvalue weighted by molar-refractivity contribution is 5.97. The van der Waals surface area contributed by atoms with Gasteiger partial charge in [-0.3, -0.25) is 9.48 Å². The summed E-state index contributed by atoms with van der Waals surface area (Å²) in [5, 5.41) is 14.1. The SMILES string of the molecule is Cn1nc(C(=O)N2Cc3ccccc3C[C@H]2C(=O)O)c2c1CCCC2. The molecule has 1 aliphatic heterocycles. The maximum absolute atomic E-state index is 13.2. The molecule has 1 atom stereocenters. The Morgan fingerprint density at radius 2 is 1.88 bits per heavy atom. The van der Waals surface area contributed by atoms with Crippen LogP contribution in [0.5, 0.6) is 0 Å². The average Bonchev–Trinajstić information content (AvgIpc) is 2.97. The lowest BCUT2D eigenvalue weighted by atomic mass is 9.92. The van der Waals surface area contributed by atoms with Gasteiger partial charge in [0, 0.05) is 31.3 Å². The molecule has 0 radical (unpaired) electrons. The lowest BCUT2D eigenvalue weighted by molar-refractivity contribution is -0.142. The van der Waals surface area contributed by atoms with Crippen molar-refractivity contribution in [3.63, 3.8) is 0 Å². The van der Waals surface area contributed by atoms with Gasteiger partial charge in [-0.25, -0.2) is 4.79 Å². The number of amides is 1. The topological polar surface area (TPSA) is 75.4 Å². The smallest absolute Gasteiger partial charge is 0.326 e. The van der Waals surface area contributed by atoms with Crippen LogP contribution in [0.4, 0.5) is 0 Å². The molecular formula is C19H21N3O3. The summed E-state index contributed by atoms with van der Waals surface area (Å²) in [6, 6.07) is 6.89. The molecule has 2 heterocycles. The molecule has 0 unspecified atom stereocenters. The van der Waals surface area contributed by atoms with Gasteiger partial charge in [-0.1, -0.05) is 24.3 Å². The van der Waals surface area contributed by atoms with Crippen molar-refractivity contribution in [3.8, 4) is 0 Å². The number of aromatic nitrogens is 2. The Bertz CT molecular complexity index is 856. The van der Waals surface area contributed by atoms with E-state index >= 15 is 0 Å². The molecular weight excluding hydrogens is 318 g/mol. The highest BCUT2D eigenvalue weighted by Gasteiger charge is 2.37. The number of carboxylic acids is 1. The third-order valence-corrected chi connectivity index (χ3v) is 5.36. The van der Waals surface area contributed by atoms with Crippen LogP contribution < -0.4 is 0 Å². The van der Waals surface area contributed by atoms with E-state index in [9.17, 15) is 14.7 Å². The van der Waals surface area contributed by atoms with Gasteiger partial charge < -0.3 is 10.0 Å². The molecule has 25 heavy (non-hydrogen) atoms. The van der Waals surface area contributed by atoms with Gasteiger partial charge >= 0.3 is 5.97 Å². The van der Waals surface area contributed by atoms with E-state index in [1.165, 1.54) is 4.90 Å². The summed E-state index contributed by atoms with van der Waals surface area (Å²) >= 11 is 0. The van der Waals surface area contributed by atoms with Crippen LogP contribution in [-0.4, -0.2) is 37.7 Å². The Balaban J connectivity index is 1.73. The number of aliphatic carboxylic acids is 1. The van der Waals surface area contributed by atoms with Gasteiger partial charge in [-0.15, -0.1) is 0 Å². The second-order valence-corrected chi connectivity index (χ2v) is 6.86. The van der Waals surface area contributed by atoms with Crippen LogP contribution in [0, 0.1) is 0 Å². The zero-order chi connectivity index (χ0) is 17.6. The van der Waals surface area contributed by atoms with Gasteiger partial charge in [0.25, 0.3) is 5.91 Å². The summed E-state index contributed by atoms with van der Waals surface area (Å²) < 4.78 is 1.79. The van der Waals surface area contributed by atoms with Gasteiger partial charge in [0.1, 0.15) is 6.04 Å². The molecule has 6 nitrogen and oxygen atoms in total. The zero-order valence-electron chi connectivity index (χ0n) is 14.2. The number of hydrogen-bond donors (Lipinski definition) is 1. The van der Waals surface area contributed by atoms with Crippen LogP contribution in [0.2, 0.25) is 0 Å². The molecule has 0 bridgehead atoms. The van der Waals surface area contributed by atoms with Crippen molar-refractivity contribution in [1.29, 1.82) is 0 Å². The van der Waals surface area contributed by atoms with Crippen LogP contribution in [0.15, 0.2) is 24.3 Å². The minimum Gasteiger partial charge on any atom is -0.480 e. The van der Waals surface area contributed by atoms with E-state index in [1.54, 1.807) is 4.68 Å². The average molecular weight is 339 g/mol. The molecule has 2 aliphatic rings. The first-order valence-electron chi connectivity index (χ1n) is 8.71. The summed E-state index contributed by atoms with van der Waals surface area (Å²) in [5.41, 5.74) is 4.56. The molecule has 2 aromatic rings. The number of carboxylic acid groups (broad SMARTS) is 1. The predicted molar refractivity (Wildman–Crippen MR) is 91.3 cm³/mol. The number of carbonyl (C=O) groups excluding carboxylic acids is 1. The molecule has 1 aliphatic carbocycles. The Morgan fingerprint density at radius 3 is 2.64 bits per heavy atom. The van der Waals surface area contributed by atoms with Crippen LogP contribution in [0.1, 0.15) is 45.7 Å². The predicted octanol–water partition coefficient (Wildman–Crippen LogP) is 1.95. The second kappa shape index (κ2) is 6.02. The van der Waals surface area contributed by atoms with E-state index in [4.69, 9.17) is 0 Å². The van der Waals surface area contributed by atoms with Gasteiger partial charge in [-0.2, -0.15) is 5.10 Å².